The molecule has 0 aliphatic heterocycles. The summed E-state index contributed by atoms with van der Waals surface area (Å²) in [6.45, 7) is 0. The van der Waals surface area contributed by atoms with Gasteiger partial charge in [-0.25, -0.2) is 9.97 Å². The molecule has 0 fully saturated rings. The topological polar surface area (TPSA) is 25.8 Å². The van der Waals surface area contributed by atoms with Crippen LogP contribution in [0.3, 0.4) is 0 Å². The van der Waals surface area contributed by atoms with Crippen molar-refractivity contribution in [3.05, 3.63) is 53.3 Å². The number of hydrogen-bond donors (Lipinski definition) is 0. The molecule has 0 atom stereocenters. The van der Waals surface area contributed by atoms with Gasteiger partial charge in [0.1, 0.15) is 0 Å². The summed E-state index contributed by atoms with van der Waals surface area (Å²) in [5, 5.41) is 0.856. The summed E-state index contributed by atoms with van der Waals surface area (Å²) in [5.74, 6) is 0.924. The zero-order valence-corrected chi connectivity index (χ0v) is 10.3. The van der Waals surface area contributed by atoms with E-state index in [1.54, 1.807) is 11.8 Å². The van der Waals surface area contributed by atoms with Gasteiger partial charge < -0.3 is 0 Å². The summed E-state index contributed by atoms with van der Waals surface area (Å²) < 4.78 is 0. The Morgan fingerprint density at radius 1 is 1.18 bits per heavy atom. The van der Waals surface area contributed by atoms with Gasteiger partial charge in [-0.1, -0.05) is 42.1 Å². The standard InChI is InChI=1S/C14H13N2S/c1-2-5-11(6-3-1)10-17-14-15-9-12-7-4-8-13(12)16-14/h1-3,5-6H,4,7-8,10H2. The van der Waals surface area contributed by atoms with Crippen molar-refractivity contribution in [1.82, 2.24) is 9.97 Å². The number of hydrogen-bond acceptors (Lipinski definition) is 3. The average molecular weight is 241 g/mol. The predicted octanol–water partition coefficient (Wildman–Crippen LogP) is 3.06. The second-order valence-electron chi connectivity index (χ2n) is 4.17. The van der Waals surface area contributed by atoms with Gasteiger partial charge in [0.2, 0.25) is 0 Å². The summed E-state index contributed by atoms with van der Waals surface area (Å²) in [6, 6.07) is 10.4. The van der Waals surface area contributed by atoms with Gasteiger partial charge in [-0.05, 0) is 24.8 Å². The first-order valence-corrected chi connectivity index (χ1v) is 6.84. The number of aryl methyl sites for hydroxylation is 2. The van der Waals surface area contributed by atoms with Crippen molar-refractivity contribution in [2.75, 3.05) is 0 Å². The van der Waals surface area contributed by atoms with Crippen molar-refractivity contribution >= 4 is 11.8 Å². The van der Waals surface area contributed by atoms with Crippen molar-refractivity contribution in [3.8, 4) is 0 Å². The van der Waals surface area contributed by atoms with E-state index >= 15 is 0 Å². The minimum absolute atomic E-state index is 0.856. The molecule has 1 heterocycles. The lowest BCUT2D eigenvalue weighted by molar-refractivity contribution is 0.876. The first-order valence-electron chi connectivity index (χ1n) is 5.86. The van der Waals surface area contributed by atoms with Crippen molar-refractivity contribution < 1.29 is 0 Å². The molecule has 2 nitrogen and oxygen atoms in total. The molecule has 0 unspecified atom stereocenters. The lowest BCUT2D eigenvalue weighted by atomic mass is 10.2. The highest BCUT2D eigenvalue weighted by molar-refractivity contribution is 7.98. The fourth-order valence-electron chi connectivity index (χ4n) is 2.01. The van der Waals surface area contributed by atoms with E-state index < -0.39 is 0 Å². The molecule has 1 aromatic carbocycles. The number of nitrogens with zero attached hydrogens (tertiary/aromatic N) is 2. The zero-order chi connectivity index (χ0) is 11.5. The zero-order valence-electron chi connectivity index (χ0n) is 9.52. The molecule has 0 spiro atoms. The van der Waals surface area contributed by atoms with E-state index in [2.05, 4.69) is 40.4 Å². The summed E-state index contributed by atoms with van der Waals surface area (Å²) in [6.07, 6.45) is 6.51. The van der Waals surface area contributed by atoms with Crippen LogP contribution in [0, 0.1) is 6.20 Å². The van der Waals surface area contributed by atoms with Crippen LogP contribution in [-0.4, -0.2) is 9.97 Å². The molecule has 0 amide bonds. The normalized spacial score (nSPS) is 13.6. The maximum absolute atomic E-state index is 4.59. The maximum atomic E-state index is 4.59. The van der Waals surface area contributed by atoms with Crippen LogP contribution in [0.2, 0.25) is 0 Å². The van der Waals surface area contributed by atoms with Crippen molar-refractivity contribution in [1.29, 1.82) is 0 Å². The Balaban J connectivity index is 1.70. The van der Waals surface area contributed by atoms with E-state index in [4.69, 9.17) is 0 Å². The van der Waals surface area contributed by atoms with E-state index in [-0.39, 0.29) is 0 Å². The van der Waals surface area contributed by atoms with Crippen LogP contribution in [0.5, 0.6) is 0 Å². The number of benzene rings is 1. The predicted molar refractivity (Wildman–Crippen MR) is 68.9 cm³/mol. The molecule has 17 heavy (non-hydrogen) atoms. The molecule has 85 valence electrons. The van der Waals surface area contributed by atoms with Gasteiger partial charge in [-0.15, -0.1) is 0 Å². The third-order valence-electron chi connectivity index (χ3n) is 2.92. The Labute approximate surface area is 106 Å². The van der Waals surface area contributed by atoms with Crippen LogP contribution >= 0.6 is 11.8 Å². The summed E-state index contributed by atoms with van der Waals surface area (Å²) in [5.41, 5.74) is 3.73. The van der Waals surface area contributed by atoms with Gasteiger partial charge in [-0.2, -0.15) is 0 Å². The maximum Gasteiger partial charge on any atom is 0.188 e. The largest absolute Gasteiger partial charge is 0.227 e. The lowest BCUT2D eigenvalue weighted by Crippen LogP contribution is -1.94. The third kappa shape index (κ3) is 2.50. The Kier molecular flexibility index (Phi) is 3.10. The van der Waals surface area contributed by atoms with Gasteiger partial charge in [0.25, 0.3) is 0 Å². The van der Waals surface area contributed by atoms with Crippen LogP contribution in [0.25, 0.3) is 0 Å². The molecule has 0 saturated heterocycles. The van der Waals surface area contributed by atoms with Gasteiger partial charge in [0, 0.05) is 17.0 Å². The van der Waals surface area contributed by atoms with E-state index in [1.165, 1.54) is 23.2 Å². The summed E-state index contributed by atoms with van der Waals surface area (Å²) in [7, 11) is 0. The number of thioether (sulfide) groups is 1. The quantitative estimate of drug-likeness (QED) is 0.610. The SMILES string of the molecule is [c]1nc(SCc2ccccc2)nc2c1CCC2. The molecule has 1 aromatic heterocycles. The Hall–Kier alpha value is -1.35. The molecule has 1 radical (unpaired) electrons. The fourth-order valence-corrected chi connectivity index (χ4v) is 2.79. The molecule has 0 N–H and O–H groups in total. The van der Waals surface area contributed by atoms with Gasteiger partial charge >= 0.3 is 0 Å². The van der Waals surface area contributed by atoms with Crippen LogP contribution in [0.15, 0.2) is 35.5 Å². The molecule has 0 saturated carbocycles. The van der Waals surface area contributed by atoms with Gasteiger partial charge in [-0.3, -0.25) is 0 Å². The molecule has 2 aromatic rings. The van der Waals surface area contributed by atoms with Crippen LogP contribution < -0.4 is 0 Å². The van der Waals surface area contributed by atoms with Crippen molar-refractivity contribution in [3.63, 3.8) is 0 Å². The fraction of sp³-hybridized carbons (Fsp3) is 0.286. The molecule has 1 aliphatic rings. The highest BCUT2D eigenvalue weighted by Crippen LogP contribution is 2.23. The summed E-state index contributed by atoms with van der Waals surface area (Å²) >= 11 is 1.69. The molecule has 3 rings (SSSR count). The molecular weight excluding hydrogens is 228 g/mol. The number of rotatable bonds is 3. The van der Waals surface area contributed by atoms with Crippen LogP contribution in [0.1, 0.15) is 23.2 Å². The third-order valence-corrected chi connectivity index (χ3v) is 3.84. The van der Waals surface area contributed by atoms with Crippen molar-refractivity contribution in [2.24, 2.45) is 0 Å². The Bertz CT molecular complexity index is 511. The molecular formula is C14H13N2S. The second kappa shape index (κ2) is 4.88. The monoisotopic (exact) mass is 241 g/mol. The summed E-state index contributed by atoms with van der Waals surface area (Å²) in [4.78, 5) is 8.88. The molecule has 0 bridgehead atoms. The molecule has 3 heteroatoms. The second-order valence-corrected chi connectivity index (χ2v) is 5.11. The van der Waals surface area contributed by atoms with Gasteiger partial charge in [0.05, 0.1) is 6.20 Å². The Morgan fingerprint density at radius 2 is 2.06 bits per heavy atom. The van der Waals surface area contributed by atoms with E-state index in [0.29, 0.717) is 0 Å². The lowest BCUT2D eigenvalue weighted by Gasteiger charge is -2.02. The van der Waals surface area contributed by atoms with E-state index in [9.17, 15) is 0 Å². The van der Waals surface area contributed by atoms with Gasteiger partial charge in [0.15, 0.2) is 5.16 Å². The highest BCUT2D eigenvalue weighted by atomic mass is 32.2. The first kappa shape index (κ1) is 10.8. The van der Waals surface area contributed by atoms with Crippen LogP contribution in [0.4, 0.5) is 0 Å². The first-order chi connectivity index (χ1) is 8.42. The average Bonchev–Trinajstić information content (AvgIpc) is 2.85. The Morgan fingerprint density at radius 3 is 2.94 bits per heavy atom. The minimum atomic E-state index is 0.856. The van der Waals surface area contributed by atoms with E-state index in [0.717, 1.165) is 23.8 Å². The smallest absolute Gasteiger partial charge is 0.188 e. The van der Waals surface area contributed by atoms with E-state index in [1.807, 2.05) is 6.07 Å². The molecule has 1 aliphatic carbocycles. The van der Waals surface area contributed by atoms with Crippen LogP contribution in [-0.2, 0) is 18.6 Å². The number of fused-ring (bicyclic) bond motifs is 1. The highest BCUT2D eigenvalue weighted by Gasteiger charge is 2.13. The van der Waals surface area contributed by atoms with Crippen molar-refractivity contribution in [2.45, 2.75) is 30.2 Å². The number of aromatic nitrogens is 2. The minimum Gasteiger partial charge on any atom is -0.227 e.